The Morgan fingerprint density at radius 2 is 1.47 bits per heavy atom. The van der Waals surface area contributed by atoms with Crippen LogP contribution in [0.1, 0.15) is 97.9 Å². The third-order valence-electron chi connectivity index (χ3n) is 9.68. The number of esters is 2. The maximum atomic E-state index is 13.1. The Balaban J connectivity index is 1.61. The van der Waals surface area contributed by atoms with E-state index in [2.05, 4.69) is 18.3 Å². The highest BCUT2D eigenvalue weighted by atomic mass is 16.6. The van der Waals surface area contributed by atoms with Crippen LogP contribution in [0.15, 0.2) is 24.3 Å². The van der Waals surface area contributed by atoms with Gasteiger partial charge >= 0.3 is 11.9 Å². The lowest BCUT2D eigenvalue weighted by molar-refractivity contribution is -0.214. The molecule has 3 aromatic carbocycles. The molecule has 3 aromatic rings. The second-order valence-electron chi connectivity index (χ2n) is 15.9. The average Bonchev–Trinajstić information content (AvgIpc) is 2.99. The smallest absolute Gasteiger partial charge is 0.311 e. The number of hydrogen-bond donors (Lipinski definition) is 2. The van der Waals surface area contributed by atoms with Crippen LogP contribution in [0, 0.1) is 10.8 Å². The lowest BCUT2D eigenvalue weighted by atomic mass is 9.77. The number of methoxy groups -OCH3 is 2. The molecule has 5 rings (SSSR count). The number of hydrogen-bond acceptors (Lipinski definition) is 9. The summed E-state index contributed by atoms with van der Waals surface area (Å²) in [5.41, 5.74) is 0.832. The summed E-state index contributed by atoms with van der Waals surface area (Å²) in [6.07, 6.45) is -0.683. The third-order valence-corrected chi connectivity index (χ3v) is 9.68. The average molecular weight is 678 g/mol. The predicted octanol–water partition coefficient (Wildman–Crippen LogP) is 6.87. The molecule has 266 valence electrons. The SMILES string of the molecule is COc1c2ccc3c(c2c(OC)c2ccc([C@H]4C[C@@H](OC(=O)C(C)(C)C)[C@H](OC(=O)C(C)(C)C)[C@@H](C)O4)c(O)c12)CCC(C)(NC(C)=O)C3. The van der Waals surface area contributed by atoms with Crippen LogP contribution in [0.25, 0.3) is 21.5 Å². The van der Waals surface area contributed by atoms with Crippen LogP contribution in [0.2, 0.25) is 0 Å². The van der Waals surface area contributed by atoms with Crippen molar-refractivity contribution in [2.24, 2.45) is 10.8 Å². The van der Waals surface area contributed by atoms with E-state index in [-0.39, 0.29) is 23.6 Å². The molecule has 1 amide bonds. The number of fused-ring (bicyclic) bond motifs is 4. The fourth-order valence-electron chi connectivity index (χ4n) is 7.15. The predicted molar refractivity (Wildman–Crippen MR) is 187 cm³/mol. The highest BCUT2D eigenvalue weighted by Gasteiger charge is 2.45. The third kappa shape index (κ3) is 6.89. The van der Waals surface area contributed by atoms with Crippen molar-refractivity contribution in [2.45, 2.75) is 118 Å². The fourth-order valence-corrected chi connectivity index (χ4v) is 7.15. The molecule has 2 aliphatic rings. The van der Waals surface area contributed by atoms with Gasteiger partial charge in [-0.1, -0.05) is 18.2 Å². The van der Waals surface area contributed by atoms with Crippen LogP contribution in [0.3, 0.4) is 0 Å². The Morgan fingerprint density at radius 1 is 0.898 bits per heavy atom. The molecular weight excluding hydrogens is 626 g/mol. The summed E-state index contributed by atoms with van der Waals surface area (Å²) < 4.78 is 30.5. The number of amides is 1. The van der Waals surface area contributed by atoms with E-state index in [0.717, 1.165) is 34.7 Å². The first-order valence-electron chi connectivity index (χ1n) is 17.0. The summed E-state index contributed by atoms with van der Waals surface area (Å²) in [5.74, 6) is 0.177. The fraction of sp³-hybridized carbons (Fsp3) is 0.564. The number of carbonyl (C=O) groups is 3. The van der Waals surface area contributed by atoms with E-state index in [4.69, 9.17) is 23.7 Å². The summed E-state index contributed by atoms with van der Waals surface area (Å²) in [7, 11) is 3.20. The van der Waals surface area contributed by atoms with Gasteiger partial charge in [0.25, 0.3) is 0 Å². The molecule has 1 fully saturated rings. The van der Waals surface area contributed by atoms with Gasteiger partial charge in [0.05, 0.1) is 42.6 Å². The number of aryl methyl sites for hydroxylation is 1. The Kier molecular flexibility index (Phi) is 9.62. The molecular formula is C39H51NO9. The van der Waals surface area contributed by atoms with Crippen molar-refractivity contribution < 1.29 is 43.2 Å². The molecule has 0 saturated carbocycles. The topological polar surface area (TPSA) is 130 Å². The van der Waals surface area contributed by atoms with Crippen molar-refractivity contribution in [1.29, 1.82) is 0 Å². The molecule has 0 aromatic heterocycles. The van der Waals surface area contributed by atoms with Crippen molar-refractivity contribution in [1.82, 2.24) is 5.32 Å². The summed E-state index contributed by atoms with van der Waals surface area (Å²) in [5, 5.41) is 18.0. The molecule has 0 bridgehead atoms. The van der Waals surface area contributed by atoms with Gasteiger partial charge in [0.2, 0.25) is 5.91 Å². The maximum Gasteiger partial charge on any atom is 0.311 e. The molecule has 1 aliphatic carbocycles. The zero-order valence-electron chi connectivity index (χ0n) is 30.7. The molecule has 0 spiro atoms. The van der Waals surface area contributed by atoms with Crippen molar-refractivity contribution in [3.8, 4) is 17.2 Å². The Hall–Kier alpha value is -4.05. The van der Waals surface area contributed by atoms with E-state index in [0.29, 0.717) is 34.3 Å². The van der Waals surface area contributed by atoms with Gasteiger partial charge in [-0.05, 0) is 91.8 Å². The number of aromatic hydroxyl groups is 1. The largest absolute Gasteiger partial charge is 0.507 e. The summed E-state index contributed by atoms with van der Waals surface area (Å²) in [4.78, 5) is 38.0. The Morgan fingerprint density at radius 3 is 2.06 bits per heavy atom. The Bertz CT molecular complexity index is 1800. The molecule has 10 nitrogen and oxygen atoms in total. The number of benzene rings is 3. The first-order chi connectivity index (χ1) is 22.8. The van der Waals surface area contributed by atoms with Gasteiger partial charge in [-0.25, -0.2) is 0 Å². The molecule has 5 atom stereocenters. The van der Waals surface area contributed by atoms with Crippen LogP contribution in [0.5, 0.6) is 17.2 Å². The van der Waals surface area contributed by atoms with Crippen LogP contribution < -0.4 is 14.8 Å². The minimum absolute atomic E-state index is 0.0336. The molecule has 1 unspecified atom stereocenters. The first kappa shape index (κ1) is 36.2. The second-order valence-corrected chi connectivity index (χ2v) is 15.9. The molecule has 49 heavy (non-hydrogen) atoms. The second kappa shape index (κ2) is 13.0. The van der Waals surface area contributed by atoms with Gasteiger partial charge in [0.1, 0.15) is 23.4 Å². The lowest BCUT2D eigenvalue weighted by Crippen LogP contribution is -2.50. The van der Waals surface area contributed by atoms with E-state index >= 15 is 0 Å². The number of carbonyl (C=O) groups excluding carboxylic acids is 3. The Labute approximate surface area is 288 Å². The molecule has 1 heterocycles. The zero-order chi connectivity index (χ0) is 36.2. The van der Waals surface area contributed by atoms with Gasteiger partial charge in [-0.2, -0.15) is 0 Å². The number of rotatable bonds is 6. The molecule has 1 saturated heterocycles. The summed E-state index contributed by atoms with van der Waals surface area (Å²) in [6, 6.07) is 7.74. The van der Waals surface area contributed by atoms with E-state index < -0.39 is 47.2 Å². The molecule has 2 N–H and O–H groups in total. The zero-order valence-corrected chi connectivity index (χ0v) is 30.7. The van der Waals surface area contributed by atoms with Crippen LogP contribution in [0.4, 0.5) is 0 Å². The minimum atomic E-state index is -0.839. The number of phenols is 1. The highest BCUT2D eigenvalue weighted by Crippen LogP contribution is 2.52. The van der Waals surface area contributed by atoms with Crippen LogP contribution in [-0.4, -0.2) is 61.0 Å². The van der Waals surface area contributed by atoms with Crippen LogP contribution in [-0.2, 0) is 41.4 Å². The van der Waals surface area contributed by atoms with E-state index in [1.165, 1.54) is 0 Å². The number of phenolic OH excluding ortho intramolecular Hbond substituents is 1. The normalized spacial score (nSPS) is 24.2. The van der Waals surface area contributed by atoms with Crippen LogP contribution >= 0.6 is 0 Å². The molecule has 0 radical (unpaired) electrons. The molecule has 10 heteroatoms. The van der Waals surface area contributed by atoms with Crippen molar-refractivity contribution in [3.63, 3.8) is 0 Å². The number of nitrogens with one attached hydrogen (secondary N) is 1. The van der Waals surface area contributed by atoms with E-state index in [9.17, 15) is 19.5 Å². The summed E-state index contributed by atoms with van der Waals surface area (Å²) in [6.45, 7) is 16.0. The minimum Gasteiger partial charge on any atom is -0.507 e. The number of ether oxygens (including phenoxy) is 5. The summed E-state index contributed by atoms with van der Waals surface area (Å²) >= 11 is 0. The first-order valence-corrected chi connectivity index (χ1v) is 17.0. The van der Waals surface area contributed by atoms with Crippen molar-refractivity contribution in [3.05, 3.63) is 41.0 Å². The van der Waals surface area contributed by atoms with Gasteiger partial charge < -0.3 is 34.1 Å². The lowest BCUT2D eigenvalue weighted by Gasteiger charge is -2.41. The van der Waals surface area contributed by atoms with Gasteiger partial charge in [0, 0.05) is 40.6 Å². The maximum absolute atomic E-state index is 13.1. The van der Waals surface area contributed by atoms with Crippen molar-refractivity contribution in [2.75, 3.05) is 14.2 Å². The monoisotopic (exact) mass is 677 g/mol. The standard InChI is InChI=1S/C39H51NO9/c1-20-32(49-36(44)38(6,7)8)28(48-35(43)37(3,4)5)18-27(47-20)24-14-15-26-30(31(24)42)34(46-11)25-13-12-22-19-39(9,40-21(2)41)17-16-23(22)29(25)33(26)45-10/h12-15,20,27-28,32,42H,16-19H2,1-11H3,(H,40,41)/t20-,27-,28-,32-,39?/m1/s1. The van der Waals surface area contributed by atoms with Crippen molar-refractivity contribution >= 4 is 39.4 Å². The highest BCUT2D eigenvalue weighted by molar-refractivity contribution is 6.14. The quantitative estimate of drug-likeness (QED) is 0.212. The van der Waals surface area contributed by atoms with Gasteiger partial charge in [0.15, 0.2) is 6.10 Å². The van der Waals surface area contributed by atoms with E-state index in [1.807, 2.05) is 12.1 Å². The van der Waals surface area contributed by atoms with Gasteiger partial charge in [-0.15, -0.1) is 0 Å². The van der Waals surface area contributed by atoms with E-state index in [1.54, 1.807) is 75.7 Å². The van der Waals surface area contributed by atoms with Gasteiger partial charge in [-0.3, -0.25) is 14.4 Å². The molecule has 1 aliphatic heterocycles.